The second-order valence-electron chi connectivity index (χ2n) is 7.51. The van der Waals surface area contributed by atoms with Crippen LogP contribution in [0.4, 0.5) is 0 Å². The van der Waals surface area contributed by atoms with Crippen molar-refractivity contribution < 1.29 is 9.53 Å². The molecule has 1 N–H and O–H groups in total. The van der Waals surface area contributed by atoms with Crippen molar-refractivity contribution in [3.8, 4) is 11.3 Å². The summed E-state index contributed by atoms with van der Waals surface area (Å²) in [6.07, 6.45) is 1.22. The Labute approximate surface area is 181 Å². The molecule has 1 amide bonds. The number of nitrogens with one attached hydrogen (secondary N) is 1. The maximum atomic E-state index is 12.2. The van der Waals surface area contributed by atoms with Gasteiger partial charge in [-0.25, -0.2) is 0 Å². The summed E-state index contributed by atoms with van der Waals surface area (Å²) in [5, 5.41) is 9.58. The fourth-order valence-corrected chi connectivity index (χ4v) is 3.96. The molecule has 0 radical (unpaired) electrons. The van der Waals surface area contributed by atoms with Gasteiger partial charge in [-0.15, -0.1) is 0 Å². The van der Waals surface area contributed by atoms with Gasteiger partial charge >= 0.3 is 0 Å². The number of hydrogen-bond donors (Lipinski definition) is 1. The van der Waals surface area contributed by atoms with E-state index in [9.17, 15) is 4.79 Å². The molecule has 0 saturated carbocycles. The summed E-state index contributed by atoms with van der Waals surface area (Å²) >= 11 is 6.24. The van der Waals surface area contributed by atoms with Crippen LogP contribution in [-0.4, -0.2) is 60.0 Å². The molecule has 0 atom stereocenters. The molecule has 0 bridgehead atoms. The maximum absolute atomic E-state index is 12.2. The highest BCUT2D eigenvalue weighted by Gasteiger charge is 2.14. The van der Waals surface area contributed by atoms with Crippen molar-refractivity contribution in [1.29, 1.82) is 0 Å². The predicted molar refractivity (Wildman–Crippen MR) is 120 cm³/mol. The zero-order valence-electron chi connectivity index (χ0n) is 17.0. The summed E-state index contributed by atoms with van der Waals surface area (Å²) in [5.74, 6) is 0.0889. The molecule has 1 aromatic heterocycles. The predicted octanol–water partition coefficient (Wildman–Crippen LogP) is 3.59. The standard InChI is InChI=1S/C23H27ClN4O2/c24-19-8-9-21-20(17-19)23(18-5-2-1-3-6-18)26-28(21)11-4-7-22(29)25-10-12-27-13-15-30-16-14-27/h1-3,5-6,8-9,17H,4,7,10-16H2,(H,25,29). The molecule has 158 valence electrons. The monoisotopic (exact) mass is 426 g/mol. The molecule has 3 aromatic rings. The number of carbonyl (C=O) groups excluding carboxylic acids is 1. The first-order valence-corrected chi connectivity index (χ1v) is 10.9. The number of fused-ring (bicyclic) bond motifs is 1. The van der Waals surface area contributed by atoms with Crippen LogP contribution in [0.1, 0.15) is 12.8 Å². The average Bonchev–Trinajstić information content (AvgIpc) is 3.13. The Bertz CT molecular complexity index is 984. The van der Waals surface area contributed by atoms with E-state index in [-0.39, 0.29) is 5.91 Å². The van der Waals surface area contributed by atoms with E-state index >= 15 is 0 Å². The van der Waals surface area contributed by atoms with E-state index in [0.29, 0.717) is 24.5 Å². The van der Waals surface area contributed by atoms with Gasteiger partial charge in [0.25, 0.3) is 0 Å². The van der Waals surface area contributed by atoms with Crippen LogP contribution in [0.2, 0.25) is 5.02 Å². The second kappa shape index (κ2) is 10.1. The summed E-state index contributed by atoms with van der Waals surface area (Å²) in [6.45, 7) is 5.68. The number of ether oxygens (including phenoxy) is 1. The molecule has 0 spiro atoms. The SMILES string of the molecule is O=C(CCCn1nc(-c2ccccc2)c2cc(Cl)ccc21)NCCN1CCOCC1. The second-order valence-corrected chi connectivity index (χ2v) is 7.94. The van der Waals surface area contributed by atoms with E-state index in [2.05, 4.69) is 22.3 Å². The van der Waals surface area contributed by atoms with E-state index in [1.165, 1.54) is 0 Å². The van der Waals surface area contributed by atoms with Crippen LogP contribution in [0.15, 0.2) is 48.5 Å². The van der Waals surface area contributed by atoms with Crippen molar-refractivity contribution in [1.82, 2.24) is 20.0 Å². The zero-order chi connectivity index (χ0) is 20.8. The third kappa shape index (κ3) is 5.19. The molecular formula is C23H27ClN4O2. The number of rotatable bonds is 8. The lowest BCUT2D eigenvalue weighted by atomic mass is 10.1. The van der Waals surface area contributed by atoms with E-state index in [1.807, 2.05) is 41.1 Å². The molecular weight excluding hydrogens is 400 g/mol. The van der Waals surface area contributed by atoms with Gasteiger partial charge in [0, 0.05) is 55.1 Å². The zero-order valence-corrected chi connectivity index (χ0v) is 17.8. The number of amides is 1. The minimum atomic E-state index is 0.0889. The highest BCUT2D eigenvalue weighted by molar-refractivity contribution is 6.31. The van der Waals surface area contributed by atoms with Crippen LogP contribution < -0.4 is 5.32 Å². The number of carbonyl (C=O) groups is 1. The van der Waals surface area contributed by atoms with Gasteiger partial charge in [0.1, 0.15) is 5.69 Å². The van der Waals surface area contributed by atoms with Crippen LogP contribution in [0, 0.1) is 0 Å². The maximum Gasteiger partial charge on any atom is 0.220 e. The van der Waals surface area contributed by atoms with E-state index in [0.717, 1.165) is 61.4 Å². The van der Waals surface area contributed by atoms with Gasteiger partial charge in [-0.1, -0.05) is 41.9 Å². The summed E-state index contributed by atoms with van der Waals surface area (Å²) in [4.78, 5) is 14.5. The highest BCUT2D eigenvalue weighted by Crippen LogP contribution is 2.30. The van der Waals surface area contributed by atoms with Crippen molar-refractivity contribution in [2.24, 2.45) is 0 Å². The Morgan fingerprint density at radius 1 is 1.10 bits per heavy atom. The minimum Gasteiger partial charge on any atom is -0.379 e. The molecule has 4 rings (SSSR count). The van der Waals surface area contributed by atoms with Crippen molar-refractivity contribution >= 4 is 28.4 Å². The average molecular weight is 427 g/mol. The van der Waals surface area contributed by atoms with Crippen LogP contribution >= 0.6 is 11.6 Å². The Hall–Kier alpha value is -2.41. The number of halogens is 1. The van der Waals surface area contributed by atoms with Gasteiger partial charge in [-0.05, 0) is 24.6 Å². The molecule has 0 unspecified atom stereocenters. The van der Waals surface area contributed by atoms with Gasteiger partial charge in [-0.3, -0.25) is 14.4 Å². The third-order valence-corrected chi connectivity index (χ3v) is 5.62. The molecule has 1 saturated heterocycles. The number of aryl methyl sites for hydroxylation is 1. The van der Waals surface area contributed by atoms with Crippen molar-refractivity contribution in [3.63, 3.8) is 0 Å². The lowest BCUT2D eigenvalue weighted by Crippen LogP contribution is -2.41. The van der Waals surface area contributed by atoms with Gasteiger partial charge in [0.2, 0.25) is 5.91 Å². The Balaban J connectivity index is 1.34. The van der Waals surface area contributed by atoms with Gasteiger partial charge in [-0.2, -0.15) is 5.10 Å². The summed E-state index contributed by atoms with van der Waals surface area (Å²) < 4.78 is 7.33. The van der Waals surface area contributed by atoms with E-state index < -0.39 is 0 Å². The summed E-state index contributed by atoms with van der Waals surface area (Å²) in [7, 11) is 0. The van der Waals surface area contributed by atoms with E-state index in [1.54, 1.807) is 0 Å². The lowest BCUT2D eigenvalue weighted by Gasteiger charge is -2.26. The molecule has 1 fully saturated rings. The fourth-order valence-electron chi connectivity index (χ4n) is 3.79. The van der Waals surface area contributed by atoms with Gasteiger partial charge in [0.15, 0.2) is 0 Å². The third-order valence-electron chi connectivity index (χ3n) is 5.39. The fraction of sp³-hybridized carbons (Fsp3) is 0.391. The quantitative estimate of drug-likeness (QED) is 0.598. The topological polar surface area (TPSA) is 59.4 Å². The number of morpholine rings is 1. The van der Waals surface area contributed by atoms with Crippen molar-refractivity contribution in [3.05, 3.63) is 53.6 Å². The number of hydrogen-bond acceptors (Lipinski definition) is 4. The molecule has 1 aliphatic heterocycles. The van der Waals surface area contributed by atoms with Crippen molar-refractivity contribution in [2.75, 3.05) is 39.4 Å². The Morgan fingerprint density at radius 3 is 2.70 bits per heavy atom. The molecule has 2 aromatic carbocycles. The molecule has 30 heavy (non-hydrogen) atoms. The summed E-state index contributed by atoms with van der Waals surface area (Å²) in [6, 6.07) is 15.9. The number of nitrogens with zero attached hydrogens (tertiary/aromatic N) is 3. The smallest absolute Gasteiger partial charge is 0.220 e. The molecule has 1 aliphatic rings. The largest absolute Gasteiger partial charge is 0.379 e. The van der Waals surface area contributed by atoms with E-state index in [4.69, 9.17) is 21.4 Å². The molecule has 2 heterocycles. The van der Waals surface area contributed by atoms with Crippen LogP contribution in [0.5, 0.6) is 0 Å². The van der Waals surface area contributed by atoms with Crippen molar-refractivity contribution in [2.45, 2.75) is 19.4 Å². The number of aromatic nitrogens is 2. The Kier molecular flexibility index (Phi) is 7.00. The first kappa shape index (κ1) is 20.8. The molecule has 6 nitrogen and oxygen atoms in total. The highest BCUT2D eigenvalue weighted by atomic mass is 35.5. The van der Waals surface area contributed by atoms with Crippen LogP contribution in [0.3, 0.4) is 0 Å². The van der Waals surface area contributed by atoms with Crippen LogP contribution in [0.25, 0.3) is 22.2 Å². The van der Waals surface area contributed by atoms with Gasteiger partial charge in [0.05, 0.1) is 18.7 Å². The minimum absolute atomic E-state index is 0.0889. The molecule has 0 aliphatic carbocycles. The normalized spacial score (nSPS) is 14.8. The first-order valence-electron chi connectivity index (χ1n) is 10.5. The number of benzene rings is 2. The van der Waals surface area contributed by atoms with Crippen LogP contribution in [-0.2, 0) is 16.1 Å². The van der Waals surface area contributed by atoms with Gasteiger partial charge < -0.3 is 10.1 Å². The first-order chi connectivity index (χ1) is 14.7. The molecule has 7 heteroatoms. The summed E-state index contributed by atoms with van der Waals surface area (Å²) in [5.41, 5.74) is 3.01. The lowest BCUT2D eigenvalue weighted by molar-refractivity contribution is -0.121. The Morgan fingerprint density at radius 2 is 1.90 bits per heavy atom.